The van der Waals surface area contributed by atoms with Gasteiger partial charge in [-0.3, -0.25) is 0 Å². The lowest BCUT2D eigenvalue weighted by Gasteiger charge is -2.28. The highest BCUT2D eigenvalue weighted by atomic mass is 16.5. The molecule has 0 saturated heterocycles. The van der Waals surface area contributed by atoms with Crippen LogP contribution in [0.5, 0.6) is 5.75 Å². The zero-order valence-corrected chi connectivity index (χ0v) is 14.4. The number of ether oxygens (including phenoxy) is 1. The molecule has 1 atom stereocenters. The van der Waals surface area contributed by atoms with Crippen LogP contribution in [0.15, 0.2) is 42.0 Å². The van der Waals surface area contributed by atoms with Crippen LogP contribution in [0.1, 0.15) is 38.2 Å². The van der Waals surface area contributed by atoms with Gasteiger partial charge in [0.2, 0.25) is 0 Å². The Morgan fingerprint density at radius 2 is 2.14 bits per heavy atom. The number of rotatable bonds is 6. The van der Waals surface area contributed by atoms with Gasteiger partial charge < -0.3 is 9.64 Å². The van der Waals surface area contributed by atoms with Gasteiger partial charge in [0, 0.05) is 6.54 Å². The van der Waals surface area contributed by atoms with Crippen molar-refractivity contribution in [1.29, 1.82) is 0 Å². The van der Waals surface area contributed by atoms with Crippen LogP contribution in [0.25, 0.3) is 5.57 Å². The lowest BCUT2D eigenvalue weighted by Crippen LogP contribution is -2.24. The summed E-state index contributed by atoms with van der Waals surface area (Å²) in [5.41, 5.74) is 4.25. The van der Waals surface area contributed by atoms with Gasteiger partial charge >= 0.3 is 0 Å². The fourth-order valence-electron chi connectivity index (χ4n) is 3.13. The van der Waals surface area contributed by atoms with E-state index in [9.17, 15) is 0 Å². The lowest BCUT2D eigenvalue weighted by molar-refractivity contribution is 0.352. The Morgan fingerprint density at radius 1 is 1.32 bits per heavy atom. The van der Waals surface area contributed by atoms with Crippen LogP contribution in [0.2, 0.25) is 0 Å². The number of methoxy groups -OCH3 is 1. The summed E-state index contributed by atoms with van der Waals surface area (Å²) in [5.74, 6) is 1.53. The smallest absolute Gasteiger partial charge is 0.119 e. The molecule has 0 aliphatic heterocycles. The summed E-state index contributed by atoms with van der Waals surface area (Å²) < 4.78 is 5.40. The highest BCUT2D eigenvalue weighted by molar-refractivity contribution is 5.72. The first-order chi connectivity index (χ1) is 10.6. The Morgan fingerprint density at radius 3 is 2.82 bits per heavy atom. The van der Waals surface area contributed by atoms with E-state index in [0.29, 0.717) is 5.92 Å². The predicted molar refractivity (Wildman–Crippen MR) is 95.2 cm³/mol. The second-order valence-corrected chi connectivity index (χ2v) is 6.40. The summed E-state index contributed by atoms with van der Waals surface area (Å²) in [6.07, 6.45) is 9.65. The van der Waals surface area contributed by atoms with E-state index in [2.05, 4.69) is 56.3 Å². The van der Waals surface area contributed by atoms with Crippen LogP contribution in [0, 0.1) is 5.92 Å². The maximum absolute atomic E-state index is 5.40. The molecular weight excluding hydrogens is 270 g/mol. The topological polar surface area (TPSA) is 12.5 Å². The molecule has 1 aromatic carbocycles. The molecule has 0 aromatic heterocycles. The average Bonchev–Trinajstić information content (AvgIpc) is 2.53. The molecule has 0 bridgehead atoms. The van der Waals surface area contributed by atoms with Gasteiger partial charge in [-0.2, -0.15) is 0 Å². The first kappa shape index (κ1) is 16.8. The van der Waals surface area contributed by atoms with E-state index in [1.807, 2.05) is 6.07 Å². The van der Waals surface area contributed by atoms with Crippen LogP contribution >= 0.6 is 0 Å². The molecule has 2 heteroatoms. The second-order valence-electron chi connectivity index (χ2n) is 6.40. The van der Waals surface area contributed by atoms with Gasteiger partial charge in [-0.05, 0) is 62.5 Å². The van der Waals surface area contributed by atoms with Crippen molar-refractivity contribution < 1.29 is 4.74 Å². The van der Waals surface area contributed by atoms with Gasteiger partial charge in [0.15, 0.2) is 0 Å². The number of hydrogen-bond donors (Lipinski definition) is 0. The van der Waals surface area contributed by atoms with Crippen molar-refractivity contribution in [2.75, 3.05) is 27.7 Å². The molecule has 1 unspecified atom stereocenters. The normalized spacial score (nSPS) is 20.3. The van der Waals surface area contributed by atoms with Gasteiger partial charge in [-0.1, -0.05) is 43.2 Å². The summed E-state index contributed by atoms with van der Waals surface area (Å²) in [5, 5.41) is 0. The molecular formula is C20H29NO. The monoisotopic (exact) mass is 299 g/mol. The van der Waals surface area contributed by atoms with Gasteiger partial charge in [0.1, 0.15) is 5.75 Å². The summed E-state index contributed by atoms with van der Waals surface area (Å²) in [6, 6.07) is 8.48. The van der Waals surface area contributed by atoms with Crippen LogP contribution < -0.4 is 4.74 Å². The van der Waals surface area contributed by atoms with E-state index in [1.54, 1.807) is 7.11 Å². The number of allylic oxidation sites excluding steroid dienone is 3. The molecule has 0 heterocycles. The first-order valence-corrected chi connectivity index (χ1v) is 8.33. The van der Waals surface area contributed by atoms with Crippen LogP contribution in [0.4, 0.5) is 0 Å². The predicted octanol–water partition coefficient (Wildman–Crippen LogP) is 4.78. The zero-order valence-electron chi connectivity index (χ0n) is 14.4. The third kappa shape index (κ3) is 4.48. The molecule has 0 radical (unpaired) electrons. The van der Waals surface area contributed by atoms with E-state index >= 15 is 0 Å². The summed E-state index contributed by atoms with van der Waals surface area (Å²) >= 11 is 0. The van der Waals surface area contributed by atoms with E-state index in [-0.39, 0.29) is 0 Å². The minimum Gasteiger partial charge on any atom is -0.497 e. The Labute approximate surface area is 135 Å². The van der Waals surface area contributed by atoms with Gasteiger partial charge in [-0.15, -0.1) is 0 Å². The highest BCUT2D eigenvalue weighted by Crippen LogP contribution is 2.36. The fourth-order valence-corrected chi connectivity index (χ4v) is 3.13. The van der Waals surface area contributed by atoms with Crippen LogP contribution in [-0.4, -0.2) is 32.6 Å². The van der Waals surface area contributed by atoms with E-state index < -0.39 is 0 Å². The van der Waals surface area contributed by atoms with E-state index in [1.165, 1.54) is 42.4 Å². The van der Waals surface area contributed by atoms with Gasteiger partial charge in [-0.25, -0.2) is 0 Å². The maximum Gasteiger partial charge on any atom is 0.119 e. The fraction of sp³-hybridized carbons (Fsp3) is 0.500. The maximum atomic E-state index is 5.40. The van der Waals surface area contributed by atoms with Crippen molar-refractivity contribution in [1.82, 2.24) is 4.90 Å². The van der Waals surface area contributed by atoms with Gasteiger partial charge in [0.25, 0.3) is 0 Å². The molecule has 2 nitrogen and oxygen atoms in total. The molecule has 22 heavy (non-hydrogen) atoms. The molecule has 1 aliphatic rings. The molecule has 0 amide bonds. The minimum atomic E-state index is 0.598. The van der Waals surface area contributed by atoms with Crippen molar-refractivity contribution in [2.24, 2.45) is 5.92 Å². The SMILES string of the molecule is CCC/C=C1/C=C(c2cccc(OC)c2)C(CN(C)C)CC1. The van der Waals surface area contributed by atoms with Crippen molar-refractivity contribution in [2.45, 2.75) is 32.6 Å². The Bertz CT molecular complexity index is 542. The van der Waals surface area contributed by atoms with E-state index in [4.69, 9.17) is 4.74 Å². The van der Waals surface area contributed by atoms with Crippen molar-refractivity contribution in [3.8, 4) is 5.75 Å². The molecule has 120 valence electrons. The molecule has 0 fully saturated rings. The summed E-state index contributed by atoms with van der Waals surface area (Å²) in [6.45, 7) is 3.34. The number of benzene rings is 1. The quantitative estimate of drug-likeness (QED) is 0.749. The zero-order chi connectivity index (χ0) is 15.9. The van der Waals surface area contributed by atoms with Crippen molar-refractivity contribution >= 4 is 5.57 Å². The Hall–Kier alpha value is -1.54. The Kier molecular flexibility index (Phi) is 6.26. The molecule has 1 aliphatic carbocycles. The minimum absolute atomic E-state index is 0.598. The molecule has 2 rings (SSSR count). The average molecular weight is 299 g/mol. The number of unbranched alkanes of at least 4 members (excludes halogenated alkanes) is 1. The third-order valence-electron chi connectivity index (χ3n) is 4.25. The number of nitrogens with zero attached hydrogens (tertiary/aromatic N) is 1. The van der Waals surface area contributed by atoms with Crippen LogP contribution in [-0.2, 0) is 0 Å². The van der Waals surface area contributed by atoms with Gasteiger partial charge in [0.05, 0.1) is 7.11 Å². The molecule has 1 aromatic rings. The summed E-state index contributed by atoms with van der Waals surface area (Å²) in [4.78, 5) is 2.29. The first-order valence-electron chi connectivity index (χ1n) is 8.33. The molecule has 0 N–H and O–H groups in total. The van der Waals surface area contributed by atoms with Crippen molar-refractivity contribution in [3.05, 3.63) is 47.6 Å². The largest absolute Gasteiger partial charge is 0.497 e. The molecule has 0 saturated carbocycles. The Balaban J connectivity index is 2.34. The lowest BCUT2D eigenvalue weighted by atomic mass is 9.81. The van der Waals surface area contributed by atoms with Crippen LogP contribution in [0.3, 0.4) is 0 Å². The summed E-state index contributed by atoms with van der Waals surface area (Å²) in [7, 11) is 6.05. The third-order valence-corrected chi connectivity index (χ3v) is 4.25. The van der Waals surface area contributed by atoms with E-state index in [0.717, 1.165) is 12.3 Å². The number of hydrogen-bond acceptors (Lipinski definition) is 2. The van der Waals surface area contributed by atoms with Crippen molar-refractivity contribution in [3.63, 3.8) is 0 Å². The standard InChI is InChI=1S/C20H29NO/c1-5-6-8-16-11-12-18(15-21(2)3)20(13-16)17-9-7-10-19(14-17)22-4/h7-10,13-14,18H,5-6,11-12,15H2,1-4H3/b16-8+. The molecule has 0 spiro atoms. The second kappa shape index (κ2) is 8.19. The highest BCUT2D eigenvalue weighted by Gasteiger charge is 2.22.